The van der Waals surface area contributed by atoms with E-state index in [0.29, 0.717) is 25.9 Å². The highest BCUT2D eigenvalue weighted by Crippen LogP contribution is 2.27. The molecular weight excluding hydrogens is 391 g/mol. The molecule has 0 aliphatic carbocycles. The van der Waals surface area contributed by atoms with Crippen LogP contribution < -0.4 is 15.2 Å². The van der Waals surface area contributed by atoms with E-state index in [0.717, 1.165) is 0 Å². The molecule has 1 aromatic heterocycles. The van der Waals surface area contributed by atoms with Crippen molar-refractivity contribution in [2.24, 2.45) is 5.73 Å². The van der Waals surface area contributed by atoms with E-state index in [9.17, 15) is 22.8 Å². The molecule has 2 N–H and O–H groups in total. The minimum atomic E-state index is -4.77. The number of nitrogens with two attached hydrogens (primary N) is 1. The van der Waals surface area contributed by atoms with Crippen molar-refractivity contribution in [1.82, 2.24) is 9.88 Å². The number of benzene rings is 1. The van der Waals surface area contributed by atoms with Crippen LogP contribution in [0.4, 0.5) is 13.2 Å². The average Bonchev–Trinajstić information content (AvgIpc) is 2.67. The summed E-state index contributed by atoms with van der Waals surface area (Å²) in [6, 6.07) is 9.77. The molecule has 2 amide bonds. The smallest absolute Gasteiger partial charge is 0.490 e. The number of piperidine rings is 1. The summed E-state index contributed by atoms with van der Waals surface area (Å²) in [6.45, 7) is 0.759. The van der Waals surface area contributed by atoms with Crippen molar-refractivity contribution in [3.8, 4) is 11.5 Å². The van der Waals surface area contributed by atoms with Crippen molar-refractivity contribution in [3.05, 3.63) is 53.9 Å². The van der Waals surface area contributed by atoms with Gasteiger partial charge < -0.3 is 20.1 Å². The van der Waals surface area contributed by atoms with Gasteiger partial charge in [-0.1, -0.05) is 12.1 Å². The van der Waals surface area contributed by atoms with E-state index in [-0.39, 0.29) is 34.9 Å². The first-order chi connectivity index (χ1) is 13.7. The zero-order valence-corrected chi connectivity index (χ0v) is 15.2. The molecule has 7 nitrogen and oxygen atoms in total. The van der Waals surface area contributed by atoms with Crippen LogP contribution in [-0.4, -0.2) is 47.3 Å². The molecule has 2 aromatic rings. The molecule has 1 saturated heterocycles. The topological polar surface area (TPSA) is 94.8 Å². The van der Waals surface area contributed by atoms with Crippen LogP contribution in [-0.2, 0) is 0 Å². The van der Waals surface area contributed by atoms with Crippen LogP contribution in [0.5, 0.6) is 11.5 Å². The highest BCUT2D eigenvalue weighted by atomic mass is 19.4. The second-order valence-corrected chi connectivity index (χ2v) is 6.40. The third kappa shape index (κ3) is 5.59. The molecule has 154 valence electrons. The summed E-state index contributed by atoms with van der Waals surface area (Å²) in [6.07, 6.45) is -4.05. The number of alkyl halides is 3. The predicted octanol–water partition coefficient (Wildman–Crippen LogP) is 2.76. The van der Waals surface area contributed by atoms with Crippen molar-refractivity contribution in [2.75, 3.05) is 13.1 Å². The maximum atomic E-state index is 12.6. The standard InChI is InChI=1S/C19H18F3N3O4/c20-19(21,22)29-14-4-1-3-13(11-14)28-12-7-9-25(10-8-12)18(27)16-6-2-5-15(24-16)17(23)26/h1-6,11-12H,7-10H2,(H2,23,26). The first-order valence-electron chi connectivity index (χ1n) is 8.80. The zero-order valence-electron chi connectivity index (χ0n) is 15.2. The molecule has 0 spiro atoms. The van der Waals surface area contributed by atoms with Crippen LogP contribution in [0.25, 0.3) is 0 Å². The number of hydrogen-bond donors (Lipinski definition) is 1. The number of likely N-dealkylation sites (tertiary alicyclic amines) is 1. The lowest BCUT2D eigenvalue weighted by Gasteiger charge is -2.32. The minimum absolute atomic E-state index is 0.00928. The van der Waals surface area contributed by atoms with E-state index in [1.54, 1.807) is 11.0 Å². The molecule has 29 heavy (non-hydrogen) atoms. The number of nitrogens with zero attached hydrogens (tertiary/aromatic N) is 2. The third-order valence-corrected chi connectivity index (χ3v) is 4.29. The highest BCUT2D eigenvalue weighted by molar-refractivity contribution is 5.95. The van der Waals surface area contributed by atoms with Gasteiger partial charge >= 0.3 is 6.36 Å². The van der Waals surface area contributed by atoms with Crippen molar-refractivity contribution in [2.45, 2.75) is 25.3 Å². The first kappa shape index (κ1) is 20.4. The number of carbonyl (C=O) groups is 2. The van der Waals surface area contributed by atoms with Crippen molar-refractivity contribution >= 4 is 11.8 Å². The largest absolute Gasteiger partial charge is 0.573 e. The van der Waals surface area contributed by atoms with E-state index in [4.69, 9.17) is 10.5 Å². The number of hydrogen-bond acceptors (Lipinski definition) is 5. The van der Waals surface area contributed by atoms with Crippen molar-refractivity contribution in [1.29, 1.82) is 0 Å². The monoisotopic (exact) mass is 409 g/mol. The Labute approximate surface area is 164 Å². The second kappa shape index (κ2) is 8.38. The molecule has 1 fully saturated rings. The van der Waals surface area contributed by atoms with E-state index in [1.165, 1.54) is 36.4 Å². The Hall–Kier alpha value is -3.30. The molecule has 0 bridgehead atoms. The summed E-state index contributed by atoms with van der Waals surface area (Å²) >= 11 is 0. The molecule has 0 radical (unpaired) electrons. The van der Waals surface area contributed by atoms with Gasteiger partial charge in [-0.25, -0.2) is 4.98 Å². The van der Waals surface area contributed by atoms with Gasteiger partial charge in [0.1, 0.15) is 29.0 Å². The van der Waals surface area contributed by atoms with Crippen LogP contribution in [0, 0.1) is 0 Å². The maximum Gasteiger partial charge on any atom is 0.573 e. The molecule has 10 heteroatoms. The minimum Gasteiger partial charge on any atom is -0.490 e. The quantitative estimate of drug-likeness (QED) is 0.820. The van der Waals surface area contributed by atoms with Gasteiger partial charge in [0.05, 0.1) is 0 Å². The third-order valence-electron chi connectivity index (χ3n) is 4.29. The van der Waals surface area contributed by atoms with E-state index in [1.807, 2.05) is 0 Å². The number of amides is 2. The summed E-state index contributed by atoms with van der Waals surface area (Å²) in [5.74, 6) is -1.15. The Bertz CT molecular complexity index is 896. The maximum absolute atomic E-state index is 12.6. The number of carbonyl (C=O) groups excluding carboxylic acids is 2. The number of primary amides is 1. The Morgan fingerprint density at radius 1 is 1.03 bits per heavy atom. The molecule has 0 saturated carbocycles. The normalized spacial score (nSPS) is 15.1. The van der Waals surface area contributed by atoms with Crippen LogP contribution >= 0.6 is 0 Å². The molecular formula is C19H18F3N3O4. The van der Waals surface area contributed by atoms with Crippen molar-refractivity contribution < 1.29 is 32.2 Å². The molecule has 3 rings (SSSR count). The lowest BCUT2D eigenvalue weighted by molar-refractivity contribution is -0.274. The summed E-state index contributed by atoms with van der Waals surface area (Å²) in [7, 11) is 0. The highest BCUT2D eigenvalue weighted by Gasteiger charge is 2.31. The summed E-state index contributed by atoms with van der Waals surface area (Å²) < 4.78 is 46.6. The van der Waals surface area contributed by atoms with Crippen molar-refractivity contribution in [3.63, 3.8) is 0 Å². The summed E-state index contributed by atoms with van der Waals surface area (Å²) in [4.78, 5) is 29.3. The molecule has 2 heterocycles. The van der Waals surface area contributed by atoms with Gasteiger partial charge in [-0.15, -0.1) is 13.2 Å². The Balaban J connectivity index is 1.57. The summed E-state index contributed by atoms with van der Waals surface area (Å²) in [5, 5.41) is 0. The molecule has 1 aliphatic rings. The summed E-state index contributed by atoms with van der Waals surface area (Å²) in [5.41, 5.74) is 5.32. The lowest BCUT2D eigenvalue weighted by Crippen LogP contribution is -2.42. The van der Waals surface area contributed by atoms with Gasteiger partial charge in [0.2, 0.25) is 0 Å². The fourth-order valence-corrected chi connectivity index (χ4v) is 2.97. The number of aromatic nitrogens is 1. The molecule has 0 atom stereocenters. The second-order valence-electron chi connectivity index (χ2n) is 6.40. The average molecular weight is 409 g/mol. The Morgan fingerprint density at radius 2 is 1.66 bits per heavy atom. The lowest BCUT2D eigenvalue weighted by atomic mass is 10.1. The number of ether oxygens (including phenoxy) is 2. The molecule has 1 aliphatic heterocycles. The Kier molecular flexibility index (Phi) is 5.90. The fraction of sp³-hybridized carbons (Fsp3) is 0.316. The number of rotatable bonds is 5. The van der Waals surface area contributed by atoms with E-state index in [2.05, 4.69) is 9.72 Å². The predicted molar refractivity (Wildman–Crippen MR) is 95.4 cm³/mol. The van der Waals surface area contributed by atoms with Gasteiger partial charge in [-0.2, -0.15) is 0 Å². The number of halogens is 3. The van der Waals surface area contributed by atoms with E-state index >= 15 is 0 Å². The Morgan fingerprint density at radius 3 is 2.31 bits per heavy atom. The molecule has 0 unspecified atom stereocenters. The van der Waals surface area contributed by atoms with Gasteiger partial charge in [0.25, 0.3) is 11.8 Å². The van der Waals surface area contributed by atoms with Crippen LogP contribution in [0.15, 0.2) is 42.5 Å². The van der Waals surface area contributed by atoms with Gasteiger partial charge in [-0.05, 0) is 24.3 Å². The first-order valence-corrected chi connectivity index (χ1v) is 8.80. The van der Waals surface area contributed by atoms with Crippen LogP contribution in [0.3, 0.4) is 0 Å². The van der Waals surface area contributed by atoms with Crippen LogP contribution in [0.2, 0.25) is 0 Å². The zero-order chi connectivity index (χ0) is 21.0. The van der Waals surface area contributed by atoms with Crippen LogP contribution in [0.1, 0.15) is 33.8 Å². The van der Waals surface area contributed by atoms with Gasteiger partial charge in [0, 0.05) is 32.0 Å². The van der Waals surface area contributed by atoms with Gasteiger partial charge in [-0.3, -0.25) is 9.59 Å². The molecule has 1 aromatic carbocycles. The number of pyridine rings is 1. The SMILES string of the molecule is NC(=O)c1cccc(C(=O)N2CCC(Oc3cccc(OC(F)(F)F)c3)CC2)n1. The van der Waals surface area contributed by atoms with E-state index < -0.39 is 12.3 Å². The van der Waals surface area contributed by atoms with Gasteiger partial charge in [0.15, 0.2) is 0 Å². The fourth-order valence-electron chi connectivity index (χ4n) is 2.97.